The Balaban J connectivity index is 1.63. The molecular formula is C21H16F3N3O3S2. The van der Waals surface area contributed by atoms with E-state index < -0.39 is 32.3 Å². The summed E-state index contributed by atoms with van der Waals surface area (Å²) >= 11 is 5.43. The number of benzene rings is 2. The number of alkyl halides is 3. The normalized spacial score (nSPS) is 17.4. The molecule has 2 heterocycles. The van der Waals surface area contributed by atoms with Gasteiger partial charge in [0.15, 0.2) is 0 Å². The molecule has 0 aliphatic carbocycles. The van der Waals surface area contributed by atoms with Gasteiger partial charge in [-0.15, -0.1) is 0 Å². The molecule has 0 unspecified atom stereocenters. The van der Waals surface area contributed by atoms with Crippen LogP contribution in [0.2, 0.25) is 0 Å². The highest BCUT2D eigenvalue weighted by Crippen LogP contribution is 2.33. The largest absolute Gasteiger partial charge is 0.501 e. The summed E-state index contributed by atoms with van der Waals surface area (Å²) in [6.45, 7) is 2.01. The van der Waals surface area contributed by atoms with Crippen LogP contribution in [-0.2, 0) is 16.4 Å². The predicted molar refractivity (Wildman–Crippen MR) is 117 cm³/mol. The Bertz CT molecular complexity index is 1320. The lowest BCUT2D eigenvalue weighted by molar-refractivity contribution is -0.0436. The van der Waals surface area contributed by atoms with E-state index in [0.717, 1.165) is 40.7 Å². The number of urea groups is 1. The lowest BCUT2D eigenvalue weighted by Crippen LogP contribution is -2.33. The van der Waals surface area contributed by atoms with Crippen molar-refractivity contribution in [3.63, 3.8) is 0 Å². The molecule has 0 bridgehead atoms. The molecule has 1 fully saturated rings. The average Bonchev–Trinajstić information content (AvgIpc) is 2.96. The number of thiocarbonyl (C=S) groups is 1. The van der Waals surface area contributed by atoms with Crippen LogP contribution in [0.1, 0.15) is 12.5 Å². The number of para-hydroxylation sites is 1. The lowest BCUT2D eigenvalue weighted by atomic mass is 10.1. The topological polar surface area (TPSA) is 70.6 Å². The number of amides is 2. The van der Waals surface area contributed by atoms with E-state index in [1.165, 1.54) is 4.90 Å². The maximum absolute atomic E-state index is 13.2. The van der Waals surface area contributed by atoms with Crippen LogP contribution in [0.3, 0.4) is 0 Å². The highest BCUT2D eigenvalue weighted by molar-refractivity contribution is 7.92. The quantitative estimate of drug-likeness (QED) is 0.508. The molecule has 0 saturated carbocycles. The minimum absolute atomic E-state index is 0.190. The summed E-state index contributed by atoms with van der Waals surface area (Å²) in [5.74, 6) is 0. The number of rotatable bonds is 4. The van der Waals surface area contributed by atoms with Gasteiger partial charge in [0.25, 0.3) is 9.84 Å². The van der Waals surface area contributed by atoms with E-state index in [1.54, 1.807) is 18.0 Å². The summed E-state index contributed by atoms with van der Waals surface area (Å²) in [7, 11) is -5.48. The number of hydrogen-bond donors (Lipinski definition) is 0. The zero-order valence-electron chi connectivity index (χ0n) is 16.6. The first-order valence-electron chi connectivity index (χ1n) is 9.41. The molecule has 0 radical (unpaired) electrons. The van der Waals surface area contributed by atoms with Crippen LogP contribution >= 0.6 is 12.2 Å². The molecule has 3 aromatic rings. The number of carbonyl (C=O) groups is 1. The zero-order valence-corrected chi connectivity index (χ0v) is 18.2. The third-order valence-corrected chi connectivity index (χ3v) is 7.30. The standard InChI is InChI=1S/C21H16F3N3O3S2/c1-13-19(31)27(15-6-8-16(9-7-15)32(29,30)21(22,23)24)20(28)26(13)12-14-10-11-25-18-5-3-2-4-17(14)18/h2-11,13H,12H2,1H3/t13-/m0/s1. The molecule has 1 aliphatic heterocycles. The van der Waals surface area contributed by atoms with Gasteiger partial charge in [-0.05, 0) is 48.9 Å². The van der Waals surface area contributed by atoms with Gasteiger partial charge in [0.05, 0.1) is 22.1 Å². The van der Waals surface area contributed by atoms with Gasteiger partial charge in [0.2, 0.25) is 0 Å². The van der Waals surface area contributed by atoms with Gasteiger partial charge in [0, 0.05) is 18.1 Å². The van der Waals surface area contributed by atoms with Crippen LogP contribution in [0.4, 0.5) is 23.7 Å². The number of carbonyl (C=O) groups excluding carboxylic acids is 1. The highest BCUT2D eigenvalue weighted by Gasteiger charge is 2.47. The Morgan fingerprint density at radius 1 is 1.06 bits per heavy atom. The van der Waals surface area contributed by atoms with Gasteiger partial charge < -0.3 is 4.90 Å². The van der Waals surface area contributed by atoms with Crippen molar-refractivity contribution in [1.29, 1.82) is 0 Å². The molecule has 0 spiro atoms. The van der Waals surface area contributed by atoms with Gasteiger partial charge in [-0.2, -0.15) is 13.2 Å². The predicted octanol–water partition coefficient (Wildman–Crippen LogP) is 4.69. The maximum Gasteiger partial charge on any atom is 0.501 e. The molecule has 2 amide bonds. The molecule has 11 heteroatoms. The van der Waals surface area contributed by atoms with Crippen molar-refractivity contribution < 1.29 is 26.4 Å². The summed E-state index contributed by atoms with van der Waals surface area (Å²) in [5.41, 5.74) is -3.57. The average molecular weight is 480 g/mol. The van der Waals surface area contributed by atoms with Crippen LogP contribution in [0, 0.1) is 0 Å². The number of aromatic nitrogens is 1. The Labute approximate surface area is 187 Å². The molecule has 1 saturated heterocycles. The van der Waals surface area contributed by atoms with Crippen LogP contribution in [0.5, 0.6) is 0 Å². The lowest BCUT2D eigenvalue weighted by Gasteiger charge is -2.21. The van der Waals surface area contributed by atoms with Crippen molar-refractivity contribution in [1.82, 2.24) is 9.88 Å². The van der Waals surface area contributed by atoms with E-state index in [2.05, 4.69) is 4.98 Å². The highest BCUT2D eigenvalue weighted by atomic mass is 32.2. The minimum Gasteiger partial charge on any atom is -0.311 e. The van der Waals surface area contributed by atoms with Gasteiger partial charge in [-0.1, -0.05) is 30.4 Å². The van der Waals surface area contributed by atoms with Gasteiger partial charge in [-0.25, -0.2) is 13.2 Å². The molecule has 1 atom stereocenters. The molecule has 0 N–H and O–H groups in total. The van der Waals surface area contributed by atoms with Crippen LogP contribution in [0.15, 0.2) is 65.7 Å². The summed E-state index contributed by atoms with van der Waals surface area (Å²) < 4.78 is 61.5. The molecular weight excluding hydrogens is 463 g/mol. The third kappa shape index (κ3) is 3.61. The number of fused-ring (bicyclic) bond motifs is 1. The molecule has 166 valence electrons. The number of anilines is 1. The number of nitrogens with zero attached hydrogens (tertiary/aromatic N) is 3. The molecule has 4 rings (SSSR count). The van der Waals surface area contributed by atoms with Crippen molar-refractivity contribution in [2.75, 3.05) is 4.90 Å². The first-order chi connectivity index (χ1) is 15.0. The Morgan fingerprint density at radius 2 is 1.72 bits per heavy atom. The van der Waals surface area contributed by atoms with Crippen LogP contribution < -0.4 is 4.90 Å². The second-order valence-corrected chi connectivity index (χ2v) is 9.55. The van der Waals surface area contributed by atoms with E-state index in [-0.39, 0.29) is 17.2 Å². The summed E-state index contributed by atoms with van der Waals surface area (Å²) in [6.07, 6.45) is 1.65. The Morgan fingerprint density at radius 3 is 2.38 bits per heavy atom. The fraction of sp³-hybridized carbons (Fsp3) is 0.190. The maximum atomic E-state index is 13.2. The smallest absolute Gasteiger partial charge is 0.311 e. The SMILES string of the molecule is C[C@H]1C(=S)N(c2ccc(S(=O)(=O)C(F)(F)F)cc2)C(=O)N1Cc1ccnc2ccccc12. The fourth-order valence-corrected chi connectivity index (χ4v) is 4.61. The number of pyridine rings is 1. The monoisotopic (exact) mass is 479 g/mol. The number of hydrogen-bond acceptors (Lipinski definition) is 5. The Hall–Kier alpha value is -3.05. The fourth-order valence-electron chi connectivity index (χ4n) is 3.54. The van der Waals surface area contributed by atoms with Crippen molar-refractivity contribution in [3.8, 4) is 0 Å². The summed E-state index contributed by atoms with van der Waals surface area (Å²) in [4.78, 5) is 19.6. The van der Waals surface area contributed by atoms with Crippen molar-refractivity contribution in [2.24, 2.45) is 0 Å². The number of halogens is 3. The van der Waals surface area contributed by atoms with E-state index >= 15 is 0 Å². The molecule has 32 heavy (non-hydrogen) atoms. The van der Waals surface area contributed by atoms with Crippen molar-refractivity contribution in [3.05, 3.63) is 66.4 Å². The van der Waals surface area contributed by atoms with Gasteiger partial charge in [0.1, 0.15) is 4.99 Å². The molecule has 1 aromatic heterocycles. The second-order valence-electron chi connectivity index (χ2n) is 7.19. The van der Waals surface area contributed by atoms with E-state index in [9.17, 15) is 26.4 Å². The minimum atomic E-state index is -5.48. The molecule has 1 aliphatic rings. The molecule has 2 aromatic carbocycles. The van der Waals surface area contributed by atoms with Gasteiger partial charge in [-0.3, -0.25) is 9.88 Å². The summed E-state index contributed by atoms with van der Waals surface area (Å²) in [5, 5.41) is 0.890. The first-order valence-corrected chi connectivity index (χ1v) is 11.3. The van der Waals surface area contributed by atoms with E-state index in [0.29, 0.717) is 0 Å². The summed E-state index contributed by atoms with van der Waals surface area (Å²) in [6, 6.07) is 12.3. The van der Waals surface area contributed by atoms with Gasteiger partial charge >= 0.3 is 11.5 Å². The molecule has 6 nitrogen and oxygen atoms in total. The van der Waals surface area contributed by atoms with Crippen LogP contribution in [-0.4, -0.2) is 40.9 Å². The second kappa shape index (κ2) is 7.82. The Kier molecular flexibility index (Phi) is 5.41. The third-order valence-electron chi connectivity index (χ3n) is 5.27. The van der Waals surface area contributed by atoms with E-state index in [1.807, 2.05) is 30.3 Å². The van der Waals surface area contributed by atoms with Crippen molar-refractivity contribution >= 4 is 49.7 Å². The van der Waals surface area contributed by atoms with E-state index in [4.69, 9.17) is 12.2 Å². The first kappa shape index (κ1) is 22.2. The number of sulfone groups is 1. The van der Waals surface area contributed by atoms with Crippen LogP contribution in [0.25, 0.3) is 10.9 Å². The van der Waals surface area contributed by atoms with Crippen molar-refractivity contribution in [2.45, 2.75) is 29.9 Å². The zero-order chi connectivity index (χ0) is 23.3.